The molecule has 0 saturated carbocycles. The third-order valence-electron chi connectivity index (χ3n) is 2.92. The quantitative estimate of drug-likeness (QED) is 0.838. The molecule has 0 fully saturated rings. The van der Waals surface area contributed by atoms with Gasteiger partial charge >= 0.3 is 0 Å². The molecule has 8 heteroatoms. The van der Waals surface area contributed by atoms with Gasteiger partial charge in [-0.05, 0) is 26.0 Å². The zero-order chi connectivity index (χ0) is 15.5. The van der Waals surface area contributed by atoms with Gasteiger partial charge in [0.05, 0.1) is 6.61 Å². The lowest BCUT2D eigenvalue weighted by molar-refractivity contribution is -0.0171. The molecule has 1 aromatic heterocycles. The molecule has 2 aromatic rings. The van der Waals surface area contributed by atoms with Crippen molar-refractivity contribution in [2.45, 2.75) is 36.6 Å². The zero-order valence-corrected chi connectivity index (χ0v) is 13.9. The molecule has 3 rings (SSSR count). The van der Waals surface area contributed by atoms with Crippen molar-refractivity contribution in [3.8, 4) is 5.75 Å². The van der Waals surface area contributed by atoms with Gasteiger partial charge in [-0.1, -0.05) is 23.1 Å². The molecule has 0 amide bonds. The fourth-order valence-corrected chi connectivity index (χ4v) is 3.94. The highest BCUT2D eigenvalue weighted by molar-refractivity contribution is 8.00. The molecule has 1 aromatic carbocycles. The number of benzene rings is 1. The number of halogens is 1. The summed E-state index contributed by atoms with van der Waals surface area (Å²) in [6, 6.07) is 3.28. The van der Waals surface area contributed by atoms with E-state index in [2.05, 4.69) is 15.5 Å². The van der Waals surface area contributed by atoms with Crippen LogP contribution in [0.15, 0.2) is 16.5 Å². The van der Waals surface area contributed by atoms with Gasteiger partial charge in [0, 0.05) is 22.9 Å². The Bertz CT molecular complexity index is 664. The molecule has 0 saturated heterocycles. The number of thioether (sulfide) groups is 1. The van der Waals surface area contributed by atoms with E-state index in [1.165, 1.54) is 35.2 Å². The predicted octanol–water partition coefficient (Wildman–Crippen LogP) is 3.66. The summed E-state index contributed by atoms with van der Waals surface area (Å²) in [5, 5.41) is 12.2. The molecule has 1 N–H and O–H groups in total. The van der Waals surface area contributed by atoms with Crippen LogP contribution >= 0.6 is 23.1 Å². The molecular weight excluding hydrogens is 325 g/mol. The van der Waals surface area contributed by atoms with Crippen LogP contribution in [0.2, 0.25) is 0 Å². The molecule has 0 bridgehead atoms. The van der Waals surface area contributed by atoms with E-state index in [1.54, 1.807) is 0 Å². The van der Waals surface area contributed by atoms with E-state index in [9.17, 15) is 4.39 Å². The second-order valence-electron chi connectivity index (χ2n) is 5.12. The molecule has 2 heterocycles. The number of hydrogen-bond donors (Lipinski definition) is 1. The highest BCUT2D eigenvalue weighted by atomic mass is 32.2. The normalized spacial score (nSPS) is 13.8. The number of anilines is 1. The lowest BCUT2D eigenvalue weighted by Crippen LogP contribution is -2.13. The van der Waals surface area contributed by atoms with Crippen molar-refractivity contribution in [2.24, 2.45) is 0 Å². The highest BCUT2D eigenvalue weighted by Gasteiger charge is 2.17. The molecule has 22 heavy (non-hydrogen) atoms. The molecular formula is C14H16FN3O2S2. The standard InChI is InChI=1S/C14H16FN3O2S2/c1-8(2)16-13-17-18-14(22-13)21-6-10-4-11(15)3-9-5-19-7-20-12(9)10/h3-4,8H,5-7H2,1-2H3,(H,16,17). The summed E-state index contributed by atoms with van der Waals surface area (Å²) in [4.78, 5) is 0. The molecule has 0 spiro atoms. The second kappa shape index (κ2) is 6.80. The Labute approximate surface area is 136 Å². The second-order valence-corrected chi connectivity index (χ2v) is 7.32. The van der Waals surface area contributed by atoms with Gasteiger partial charge in [-0.2, -0.15) is 0 Å². The first kappa shape index (κ1) is 15.5. The van der Waals surface area contributed by atoms with Gasteiger partial charge in [-0.3, -0.25) is 0 Å². The van der Waals surface area contributed by atoms with E-state index in [4.69, 9.17) is 9.47 Å². The summed E-state index contributed by atoms with van der Waals surface area (Å²) >= 11 is 3.01. The monoisotopic (exact) mass is 341 g/mol. The Morgan fingerprint density at radius 3 is 3.09 bits per heavy atom. The summed E-state index contributed by atoms with van der Waals surface area (Å²) in [6.45, 7) is 4.68. The molecule has 5 nitrogen and oxygen atoms in total. The summed E-state index contributed by atoms with van der Waals surface area (Å²) in [6.07, 6.45) is 0. The Morgan fingerprint density at radius 1 is 1.41 bits per heavy atom. The van der Waals surface area contributed by atoms with Crippen LogP contribution in [0.5, 0.6) is 5.75 Å². The topological polar surface area (TPSA) is 56.3 Å². The highest BCUT2D eigenvalue weighted by Crippen LogP contribution is 2.35. The van der Waals surface area contributed by atoms with Gasteiger partial charge in [0.25, 0.3) is 0 Å². The van der Waals surface area contributed by atoms with E-state index >= 15 is 0 Å². The van der Waals surface area contributed by atoms with Crippen molar-refractivity contribution in [3.05, 3.63) is 29.1 Å². The maximum atomic E-state index is 13.7. The molecule has 0 atom stereocenters. The molecule has 0 unspecified atom stereocenters. The van der Waals surface area contributed by atoms with Gasteiger partial charge in [0.1, 0.15) is 11.6 Å². The maximum Gasteiger partial charge on any atom is 0.206 e. The van der Waals surface area contributed by atoms with E-state index < -0.39 is 0 Å². The SMILES string of the molecule is CC(C)Nc1nnc(SCc2cc(F)cc3c2OCOC3)s1. The van der Waals surface area contributed by atoms with E-state index in [0.29, 0.717) is 18.4 Å². The van der Waals surface area contributed by atoms with Crippen molar-refractivity contribution in [1.29, 1.82) is 0 Å². The van der Waals surface area contributed by atoms with Crippen LogP contribution < -0.4 is 10.1 Å². The number of nitrogens with one attached hydrogen (secondary N) is 1. The Morgan fingerprint density at radius 2 is 2.27 bits per heavy atom. The number of fused-ring (bicyclic) bond motifs is 1. The minimum Gasteiger partial charge on any atom is -0.467 e. The predicted molar refractivity (Wildman–Crippen MR) is 84.9 cm³/mol. The van der Waals surface area contributed by atoms with Crippen LogP contribution in [0, 0.1) is 5.82 Å². The van der Waals surface area contributed by atoms with Crippen LogP contribution in [-0.4, -0.2) is 23.0 Å². The number of hydrogen-bond acceptors (Lipinski definition) is 7. The molecule has 1 aliphatic rings. The first-order valence-corrected chi connectivity index (χ1v) is 8.66. The number of aromatic nitrogens is 2. The average molecular weight is 341 g/mol. The molecule has 1 aliphatic heterocycles. The fraction of sp³-hybridized carbons (Fsp3) is 0.429. The lowest BCUT2D eigenvalue weighted by Gasteiger charge is -2.20. The minimum absolute atomic E-state index is 0.206. The molecule has 118 valence electrons. The fourth-order valence-electron chi connectivity index (χ4n) is 2.08. The van der Waals surface area contributed by atoms with Crippen molar-refractivity contribution in [3.63, 3.8) is 0 Å². The van der Waals surface area contributed by atoms with Gasteiger partial charge in [-0.15, -0.1) is 10.2 Å². The molecule has 0 radical (unpaired) electrons. The van der Waals surface area contributed by atoms with E-state index in [0.717, 1.165) is 26.3 Å². The van der Waals surface area contributed by atoms with Crippen molar-refractivity contribution in [1.82, 2.24) is 10.2 Å². The van der Waals surface area contributed by atoms with Crippen molar-refractivity contribution < 1.29 is 13.9 Å². The minimum atomic E-state index is -0.275. The van der Waals surface area contributed by atoms with Crippen LogP contribution in [0.4, 0.5) is 9.52 Å². The van der Waals surface area contributed by atoms with Gasteiger partial charge in [0.2, 0.25) is 5.13 Å². The van der Waals surface area contributed by atoms with Crippen molar-refractivity contribution >= 4 is 28.2 Å². The Kier molecular flexibility index (Phi) is 4.80. The van der Waals surface area contributed by atoms with Crippen LogP contribution in [0.1, 0.15) is 25.0 Å². The van der Waals surface area contributed by atoms with Gasteiger partial charge in [0.15, 0.2) is 11.1 Å². The Balaban J connectivity index is 1.71. The van der Waals surface area contributed by atoms with Crippen LogP contribution in [-0.2, 0) is 17.1 Å². The first-order valence-electron chi connectivity index (χ1n) is 6.86. The van der Waals surface area contributed by atoms with Crippen molar-refractivity contribution in [2.75, 3.05) is 12.1 Å². The maximum absolute atomic E-state index is 13.7. The summed E-state index contributed by atoms with van der Waals surface area (Å²) in [7, 11) is 0. The third-order valence-corrected chi connectivity index (χ3v) is 4.96. The van der Waals surface area contributed by atoms with Crippen LogP contribution in [0.3, 0.4) is 0 Å². The number of nitrogens with zero attached hydrogens (tertiary/aromatic N) is 2. The first-order chi connectivity index (χ1) is 10.6. The molecule has 0 aliphatic carbocycles. The van der Waals surface area contributed by atoms with Gasteiger partial charge in [-0.25, -0.2) is 4.39 Å². The van der Waals surface area contributed by atoms with Crippen LogP contribution in [0.25, 0.3) is 0 Å². The Hall–Kier alpha value is -1.38. The lowest BCUT2D eigenvalue weighted by atomic mass is 10.1. The van der Waals surface area contributed by atoms with Gasteiger partial charge < -0.3 is 14.8 Å². The average Bonchev–Trinajstić information content (AvgIpc) is 2.91. The number of rotatable bonds is 5. The largest absolute Gasteiger partial charge is 0.467 e. The van der Waals surface area contributed by atoms with E-state index in [1.807, 2.05) is 13.8 Å². The summed E-state index contributed by atoms with van der Waals surface area (Å²) < 4.78 is 25.2. The number of ether oxygens (including phenoxy) is 2. The van der Waals surface area contributed by atoms with E-state index in [-0.39, 0.29) is 12.6 Å². The third kappa shape index (κ3) is 3.68. The summed E-state index contributed by atoms with van der Waals surface area (Å²) in [5.74, 6) is 1.03. The smallest absolute Gasteiger partial charge is 0.206 e. The zero-order valence-electron chi connectivity index (χ0n) is 12.3. The summed E-state index contributed by atoms with van der Waals surface area (Å²) in [5.41, 5.74) is 1.57.